The summed E-state index contributed by atoms with van der Waals surface area (Å²) in [5, 5.41) is 0. The Morgan fingerprint density at radius 3 is 2.14 bits per heavy atom. The molecule has 0 radical (unpaired) electrons. The second kappa shape index (κ2) is 3.91. The molecule has 0 N–H and O–H groups in total. The summed E-state index contributed by atoms with van der Waals surface area (Å²) >= 11 is 0. The maximum Gasteiger partial charge on any atom is 0.125 e. The van der Waals surface area contributed by atoms with E-state index >= 15 is 0 Å². The predicted molar refractivity (Wildman–Crippen MR) is 51.6 cm³/mol. The fourth-order valence-corrected chi connectivity index (χ4v) is 1.17. The maximum absolute atomic E-state index is 4.12. The number of aromatic nitrogens is 4. The van der Waals surface area contributed by atoms with E-state index in [1.807, 2.05) is 19.3 Å². The molecule has 0 spiro atoms. The van der Waals surface area contributed by atoms with Gasteiger partial charge in [-0.3, -0.25) is 0 Å². The molecule has 0 unspecified atom stereocenters. The lowest BCUT2D eigenvalue weighted by molar-refractivity contribution is 0.990. The monoisotopic (exact) mass is 186 g/mol. The molecular formula is C10H10N4. The Hall–Kier alpha value is -1.84. The molecular weight excluding hydrogens is 176 g/mol. The molecule has 2 heterocycles. The summed E-state index contributed by atoms with van der Waals surface area (Å²) in [6.07, 6.45) is 9.56. The Morgan fingerprint density at radius 1 is 0.929 bits per heavy atom. The summed E-state index contributed by atoms with van der Waals surface area (Å²) in [7, 11) is 0. The van der Waals surface area contributed by atoms with E-state index in [0.717, 1.165) is 23.4 Å². The van der Waals surface area contributed by atoms with Crippen LogP contribution in [0.5, 0.6) is 0 Å². The molecule has 14 heavy (non-hydrogen) atoms. The van der Waals surface area contributed by atoms with Crippen molar-refractivity contribution in [1.82, 2.24) is 19.9 Å². The van der Waals surface area contributed by atoms with Crippen LogP contribution in [-0.4, -0.2) is 19.9 Å². The highest BCUT2D eigenvalue weighted by Crippen LogP contribution is 2.04. The summed E-state index contributed by atoms with van der Waals surface area (Å²) in [5.74, 6) is 0.790. The first-order valence-corrected chi connectivity index (χ1v) is 4.36. The average molecular weight is 186 g/mol. The van der Waals surface area contributed by atoms with E-state index in [1.54, 1.807) is 12.4 Å². The molecule has 0 aliphatic carbocycles. The highest BCUT2D eigenvalue weighted by Gasteiger charge is 1.97. The first-order chi connectivity index (χ1) is 6.84. The molecule has 0 aliphatic rings. The zero-order valence-corrected chi connectivity index (χ0v) is 7.88. The van der Waals surface area contributed by atoms with Crippen LogP contribution in [0.1, 0.15) is 17.0 Å². The first-order valence-electron chi connectivity index (χ1n) is 4.36. The van der Waals surface area contributed by atoms with Crippen LogP contribution in [-0.2, 0) is 6.42 Å². The van der Waals surface area contributed by atoms with Crippen molar-refractivity contribution in [3.05, 3.63) is 48.1 Å². The molecule has 2 rings (SSSR count). The van der Waals surface area contributed by atoms with Crippen molar-refractivity contribution in [2.24, 2.45) is 0 Å². The van der Waals surface area contributed by atoms with Crippen LogP contribution in [0.15, 0.2) is 31.1 Å². The van der Waals surface area contributed by atoms with Gasteiger partial charge in [0.05, 0.1) is 0 Å². The van der Waals surface area contributed by atoms with Gasteiger partial charge in [0, 0.05) is 31.2 Å². The lowest BCUT2D eigenvalue weighted by atomic mass is 10.1. The normalized spacial score (nSPS) is 10.1. The van der Waals surface area contributed by atoms with Gasteiger partial charge in [-0.25, -0.2) is 19.9 Å². The Kier molecular flexibility index (Phi) is 2.44. The van der Waals surface area contributed by atoms with Gasteiger partial charge in [-0.1, -0.05) is 0 Å². The third-order valence-electron chi connectivity index (χ3n) is 1.86. The van der Waals surface area contributed by atoms with E-state index in [9.17, 15) is 0 Å². The fraction of sp³-hybridized carbons (Fsp3) is 0.200. The van der Waals surface area contributed by atoms with E-state index in [0.29, 0.717) is 0 Å². The summed E-state index contributed by atoms with van der Waals surface area (Å²) in [6.45, 7) is 1.87. The van der Waals surface area contributed by atoms with Crippen LogP contribution < -0.4 is 0 Å². The number of hydrogen-bond donors (Lipinski definition) is 0. The van der Waals surface area contributed by atoms with Crippen molar-refractivity contribution in [1.29, 1.82) is 0 Å². The average Bonchev–Trinajstić information content (AvgIpc) is 2.23. The van der Waals surface area contributed by atoms with Crippen molar-refractivity contribution < 1.29 is 0 Å². The van der Waals surface area contributed by atoms with Crippen LogP contribution in [0.3, 0.4) is 0 Å². The van der Waals surface area contributed by atoms with Crippen LogP contribution in [0.2, 0.25) is 0 Å². The van der Waals surface area contributed by atoms with Crippen LogP contribution in [0.4, 0.5) is 0 Å². The van der Waals surface area contributed by atoms with Gasteiger partial charge in [0.1, 0.15) is 12.2 Å². The Bertz CT molecular complexity index is 396. The Morgan fingerprint density at radius 2 is 1.50 bits per heavy atom. The molecule has 70 valence electrons. The molecule has 0 saturated carbocycles. The van der Waals surface area contributed by atoms with Gasteiger partial charge >= 0.3 is 0 Å². The number of aryl methyl sites for hydroxylation is 1. The van der Waals surface area contributed by atoms with Crippen LogP contribution in [0.25, 0.3) is 0 Å². The minimum Gasteiger partial charge on any atom is -0.245 e. The largest absolute Gasteiger partial charge is 0.245 e. The molecule has 0 bridgehead atoms. The lowest BCUT2D eigenvalue weighted by Crippen LogP contribution is -1.94. The van der Waals surface area contributed by atoms with E-state index in [1.165, 1.54) is 6.33 Å². The standard InChI is InChI=1S/C10H10N4/c1-8-13-5-10(6-14-8)2-9-3-11-7-12-4-9/h3-7H,2H2,1H3. The summed E-state index contributed by atoms with van der Waals surface area (Å²) in [6, 6.07) is 0. The van der Waals surface area contributed by atoms with Gasteiger partial charge < -0.3 is 0 Å². The highest BCUT2D eigenvalue weighted by molar-refractivity contribution is 5.16. The molecule has 0 atom stereocenters. The van der Waals surface area contributed by atoms with Gasteiger partial charge in [0.2, 0.25) is 0 Å². The van der Waals surface area contributed by atoms with Gasteiger partial charge in [-0.05, 0) is 18.1 Å². The minimum atomic E-state index is 0.779. The molecule has 0 fully saturated rings. The number of nitrogens with zero attached hydrogens (tertiary/aromatic N) is 4. The maximum atomic E-state index is 4.12. The number of hydrogen-bond acceptors (Lipinski definition) is 4. The van der Waals surface area contributed by atoms with Crippen molar-refractivity contribution in [2.75, 3.05) is 0 Å². The fourth-order valence-electron chi connectivity index (χ4n) is 1.17. The van der Waals surface area contributed by atoms with Gasteiger partial charge in [0.15, 0.2) is 0 Å². The third-order valence-corrected chi connectivity index (χ3v) is 1.86. The Labute approximate surface area is 82.1 Å². The van der Waals surface area contributed by atoms with E-state index in [2.05, 4.69) is 19.9 Å². The summed E-state index contributed by atoms with van der Waals surface area (Å²) < 4.78 is 0. The minimum absolute atomic E-state index is 0.779. The molecule has 0 aliphatic heterocycles. The lowest BCUT2D eigenvalue weighted by Gasteiger charge is -1.99. The van der Waals surface area contributed by atoms with Gasteiger partial charge in [-0.15, -0.1) is 0 Å². The van der Waals surface area contributed by atoms with Gasteiger partial charge in [-0.2, -0.15) is 0 Å². The van der Waals surface area contributed by atoms with Gasteiger partial charge in [0.25, 0.3) is 0 Å². The second-order valence-electron chi connectivity index (χ2n) is 3.06. The summed E-state index contributed by atoms with van der Waals surface area (Å²) in [4.78, 5) is 16.1. The zero-order valence-electron chi connectivity index (χ0n) is 7.88. The smallest absolute Gasteiger partial charge is 0.125 e. The van der Waals surface area contributed by atoms with Crippen LogP contribution >= 0.6 is 0 Å². The molecule has 0 aromatic carbocycles. The quantitative estimate of drug-likeness (QED) is 0.706. The Balaban J connectivity index is 2.16. The van der Waals surface area contributed by atoms with Crippen molar-refractivity contribution in [3.8, 4) is 0 Å². The third kappa shape index (κ3) is 2.10. The molecule has 2 aromatic rings. The topological polar surface area (TPSA) is 51.6 Å². The van der Waals surface area contributed by atoms with Crippen molar-refractivity contribution in [2.45, 2.75) is 13.3 Å². The zero-order chi connectivity index (χ0) is 9.80. The SMILES string of the molecule is Cc1ncc(Cc2cncnc2)cn1. The van der Waals surface area contributed by atoms with E-state index in [-0.39, 0.29) is 0 Å². The van der Waals surface area contributed by atoms with E-state index in [4.69, 9.17) is 0 Å². The summed E-state index contributed by atoms with van der Waals surface area (Å²) in [5.41, 5.74) is 2.14. The van der Waals surface area contributed by atoms with Crippen LogP contribution in [0, 0.1) is 6.92 Å². The molecule has 2 aromatic heterocycles. The molecule has 4 heteroatoms. The highest BCUT2D eigenvalue weighted by atomic mass is 14.8. The second-order valence-corrected chi connectivity index (χ2v) is 3.06. The van der Waals surface area contributed by atoms with Crippen molar-refractivity contribution in [3.63, 3.8) is 0 Å². The van der Waals surface area contributed by atoms with E-state index < -0.39 is 0 Å². The first kappa shape index (κ1) is 8.74. The predicted octanol–water partition coefficient (Wildman–Crippen LogP) is 1.17. The number of rotatable bonds is 2. The molecule has 4 nitrogen and oxygen atoms in total. The molecule has 0 saturated heterocycles. The molecule has 0 amide bonds. The van der Waals surface area contributed by atoms with Crippen molar-refractivity contribution >= 4 is 0 Å².